The minimum Gasteiger partial charge on any atom is -0.352 e. The summed E-state index contributed by atoms with van der Waals surface area (Å²) in [5, 5.41) is 7.31. The quantitative estimate of drug-likeness (QED) is 0.812. The maximum absolute atomic E-state index is 12.3. The lowest BCUT2D eigenvalue weighted by Crippen LogP contribution is -2.45. The average molecular weight is 353 g/mol. The second-order valence-corrected chi connectivity index (χ2v) is 8.25. The number of carbonyl (C=O) groups is 1. The second kappa shape index (κ2) is 7.87. The van der Waals surface area contributed by atoms with Crippen molar-refractivity contribution in [3.8, 4) is 0 Å². The van der Waals surface area contributed by atoms with Gasteiger partial charge in [0.1, 0.15) is 0 Å². The van der Waals surface area contributed by atoms with Crippen LogP contribution < -0.4 is 5.32 Å². The van der Waals surface area contributed by atoms with E-state index in [1.165, 1.54) is 6.42 Å². The summed E-state index contributed by atoms with van der Waals surface area (Å²) < 4.78 is 5.35. The Labute approximate surface area is 148 Å². The molecule has 1 saturated heterocycles. The van der Waals surface area contributed by atoms with Crippen LogP contribution in [0.3, 0.4) is 0 Å². The second-order valence-electron chi connectivity index (χ2n) is 7.38. The molecule has 0 bridgehead atoms. The number of nitrogens with one attached hydrogen (secondary N) is 1. The van der Waals surface area contributed by atoms with E-state index < -0.39 is 0 Å². The van der Waals surface area contributed by atoms with Crippen LogP contribution in [0.5, 0.6) is 0 Å². The first-order valence-electron chi connectivity index (χ1n) is 8.90. The van der Waals surface area contributed by atoms with Gasteiger partial charge in [0, 0.05) is 25.0 Å². The summed E-state index contributed by atoms with van der Waals surface area (Å²) >= 11 is 1.69. The van der Waals surface area contributed by atoms with Crippen LogP contribution in [0.1, 0.15) is 44.8 Å². The topological polar surface area (TPSA) is 71.3 Å². The van der Waals surface area contributed by atoms with Gasteiger partial charge in [0.2, 0.25) is 11.8 Å². The van der Waals surface area contributed by atoms with Gasteiger partial charge in [0.15, 0.2) is 5.82 Å². The summed E-state index contributed by atoms with van der Waals surface area (Å²) in [5.41, 5.74) is 0. The van der Waals surface area contributed by atoms with E-state index >= 15 is 0 Å². The van der Waals surface area contributed by atoms with Crippen molar-refractivity contribution in [1.82, 2.24) is 20.4 Å². The Balaban J connectivity index is 1.57. The molecule has 1 N–H and O–H groups in total. The van der Waals surface area contributed by atoms with Gasteiger partial charge in [-0.2, -0.15) is 16.7 Å². The molecule has 0 aromatic carbocycles. The molecule has 134 valence electrons. The molecule has 1 amide bonds. The fourth-order valence-electron chi connectivity index (χ4n) is 3.58. The smallest absolute Gasteiger partial charge is 0.240 e. The van der Waals surface area contributed by atoms with E-state index in [9.17, 15) is 4.79 Å². The molecule has 0 spiro atoms. The average Bonchev–Trinajstić information content (AvgIpc) is 3.05. The fourth-order valence-corrected chi connectivity index (χ4v) is 3.95. The highest BCUT2D eigenvalue weighted by atomic mass is 32.2. The number of hydrogen-bond acceptors (Lipinski definition) is 6. The van der Waals surface area contributed by atoms with Crippen LogP contribution >= 0.6 is 11.8 Å². The lowest BCUT2D eigenvalue weighted by molar-refractivity contribution is -0.128. The van der Waals surface area contributed by atoms with Crippen LogP contribution in [0.25, 0.3) is 0 Å². The number of amides is 1. The minimum absolute atomic E-state index is 0.228. The number of carbonyl (C=O) groups excluding carboxylic acids is 1. The van der Waals surface area contributed by atoms with Crippen LogP contribution in [0, 0.1) is 17.8 Å². The molecule has 24 heavy (non-hydrogen) atoms. The first-order valence-corrected chi connectivity index (χ1v) is 10.3. The van der Waals surface area contributed by atoms with Gasteiger partial charge in [-0.3, -0.25) is 9.69 Å². The third kappa shape index (κ3) is 4.11. The third-order valence-electron chi connectivity index (χ3n) is 5.24. The van der Waals surface area contributed by atoms with Crippen molar-refractivity contribution in [1.29, 1.82) is 0 Å². The van der Waals surface area contributed by atoms with E-state index in [-0.39, 0.29) is 17.9 Å². The number of nitrogens with zero attached hydrogens (tertiary/aromatic N) is 3. The summed E-state index contributed by atoms with van der Waals surface area (Å²) in [6.45, 7) is 6.97. The highest BCUT2D eigenvalue weighted by molar-refractivity contribution is 7.97. The predicted octanol–water partition coefficient (Wildman–Crippen LogP) is 2.31. The third-order valence-corrected chi connectivity index (χ3v) is 5.79. The molecule has 1 aromatic rings. The molecule has 7 heteroatoms. The first-order chi connectivity index (χ1) is 11.6. The normalized spacial score (nSPS) is 25.2. The Morgan fingerprint density at radius 1 is 1.42 bits per heavy atom. The van der Waals surface area contributed by atoms with Crippen molar-refractivity contribution in [2.24, 2.45) is 17.8 Å². The number of likely N-dealkylation sites (tertiary alicyclic amines) is 1. The van der Waals surface area contributed by atoms with E-state index in [1.54, 1.807) is 11.8 Å². The number of aromatic nitrogens is 2. The largest absolute Gasteiger partial charge is 0.352 e. The van der Waals surface area contributed by atoms with E-state index in [0.717, 1.165) is 37.5 Å². The molecular weight excluding hydrogens is 324 g/mol. The van der Waals surface area contributed by atoms with E-state index in [0.29, 0.717) is 24.3 Å². The van der Waals surface area contributed by atoms with Crippen LogP contribution in [0.2, 0.25) is 0 Å². The summed E-state index contributed by atoms with van der Waals surface area (Å²) in [6, 6.07) is 0.228. The summed E-state index contributed by atoms with van der Waals surface area (Å²) in [5.74, 6) is 3.72. The number of rotatable bonds is 7. The maximum Gasteiger partial charge on any atom is 0.240 e. The Kier molecular flexibility index (Phi) is 5.81. The van der Waals surface area contributed by atoms with Gasteiger partial charge in [0.05, 0.1) is 12.3 Å². The molecule has 2 heterocycles. The highest BCUT2D eigenvalue weighted by Gasteiger charge is 2.37. The van der Waals surface area contributed by atoms with Gasteiger partial charge in [-0.15, -0.1) is 0 Å². The molecule has 1 aliphatic heterocycles. The monoisotopic (exact) mass is 352 g/mol. The molecule has 1 saturated carbocycles. The molecule has 0 unspecified atom stereocenters. The standard InChI is InChI=1S/C17H28N4O2S/c1-11(2)13-7-21(9-16-19-15(10-24-3)20-23-16)8-14(13)18-17(22)12-5-4-6-12/h11-14H,4-10H2,1-3H3,(H,18,22)/t13-,14+/m1/s1. The lowest BCUT2D eigenvalue weighted by atomic mass is 9.84. The van der Waals surface area contributed by atoms with Crippen molar-refractivity contribution in [3.63, 3.8) is 0 Å². The molecule has 1 aliphatic carbocycles. The van der Waals surface area contributed by atoms with Crippen LogP contribution in [0.15, 0.2) is 4.52 Å². The van der Waals surface area contributed by atoms with Crippen LogP contribution in [0.4, 0.5) is 0 Å². The van der Waals surface area contributed by atoms with Gasteiger partial charge in [-0.05, 0) is 30.9 Å². The number of hydrogen-bond donors (Lipinski definition) is 1. The van der Waals surface area contributed by atoms with E-state index in [2.05, 4.69) is 34.2 Å². The molecule has 2 atom stereocenters. The molecule has 0 radical (unpaired) electrons. The van der Waals surface area contributed by atoms with Crippen molar-refractivity contribution < 1.29 is 9.32 Å². The van der Waals surface area contributed by atoms with Gasteiger partial charge < -0.3 is 9.84 Å². The van der Waals surface area contributed by atoms with Crippen LogP contribution in [-0.2, 0) is 17.1 Å². The Morgan fingerprint density at radius 3 is 2.83 bits per heavy atom. The lowest BCUT2D eigenvalue weighted by Gasteiger charge is -2.29. The van der Waals surface area contributed by atoms with E-state index in [4.69, 9.17) is 4.52 Å². The van der Waals surface area contributed by atoms with Crippen molar-refractivity contribution in [2.75, 3.05) is 19.3 Å². The molecule has 2 aliphatic rings. The molecule has 3 rings (SSSR count). The molecule has 2 fully saturated rings. The molecule has 1 aromatic heterocycles. The summed E-state index contributed by atoms with van der Waals surface area (Å²) in [7, 11) is 0. The zero-order valence-electron chi connectivity index (χ0n) is 14.8. The minimum atomic E-state index is 0.228. The van der Waals surface area contributed by atoms with Crippen molar-refractivity contribution >= 4 is 17.7 Å². The fraction of sp³-hybridized carbons (Fsp3) is 0.824. The van der Waals surface area contributed by atoms with E-state index in [1.807, 2.05) is 6.26 Å². The Hall–Kier alpha value is -1.08. The van der Waals surface area contributed by atoms with Crippen molar-refractivity contribution in [3.05, 3.63) is 11.7 Å². The molecule has 6 nitrogen and oxygen atoms in total. The zero-order chi connectivity index (χ0) is 17.1. The van der Waals surface area contributed by atoms with Gasteiger partial charge in [-0.25, -0.2) is 0 Å². The summed E-state index contributed by atoms with van der Waals surface area (Å²) in [4.78, 5) is 19.1. The summed E-state index contributed by atoms with van der Waals surface area (Å²) in [6.07, 6.45) is 5.32. The maximum atomic E-state index is 12.3. The Bertz CT molecular complexity index is 559. The SMILES string of the molecule is CSCc1noc(CN2C[C@H](NC(=O)C3CCC3)[C@@H](C(C)C)C2)n1. The first kappa shape index (κ1) is 17.7. The number of thioether (sulfide) groups is 1. The van der Waals surface area contributed by atoms with Gasteiger partial charge >= 0.3 is 0 Å². The Morgan fingerprint density at radius 2 is 2.21 bits per heavy atom. The molecular formula is C17H28N4O2S. The van der Waals surface area contributed by atoms with Crippen LogP contribution in [-0.4, -0.2) is 46.3 Å². The van der Waals surface area contributed by atoms with Gasteiger partial charge in [-0.1, -0.05) is 25.4 Å². The van der Waals surface area contributed by atoms with Crippen molar-refractivity contribution in [2.45, 2.75) is 51.4 Å². The predicted molar refractivity (Wildman–Crippen MR) is 94.4 cm³/mol. The van der Waals surface area contributed by atoms with Gasteiger partial charge in [0.25, 0.3) is 0 Å². The zero-order valence-corrected chi connectivity index (χ0v) is 15.6. The highest BCUT2D eigenvalue weighted by Crippen LogP contribution is 2.29.